The number of rotatable bonds is 7. The molecule has 0 aliphatic carbocycles. The fraction of sp³-hybridized carbons (Fsp3) is 0.474. The fourth-order valence-electron chi connectivity index (χ4n) is 2.94. The molecule has 0 bridgehead atoms. The minimum absolute atomic E-state index is 0.0603. The summed E-state index contributed by atoms with van der Waals surface area (Å²) in [6.07, 6.45) is 0.131. The van der Waals surface area contributed by atoms with E-state index in [0.29, 0.717) is 5.75 Å². The Morgan fingerprint density at radius 3 is 2.68 bits per heavy atom. The number of amides is 1. The molecule has 0 saturated carbocycles. The Bertz CT molecular complexity index is 740. The van der Waals surface area contributed by atoms with Gasteiger partial charge in [0.05, 0.1) is 18.3 Å². The summed E-state index contributed by atoms with van der Waals surface area (Å²) in [5.74, 6) is 0.389. The molecule has 0 fully saturated rings. The van der Waals surface area contributed by atoms with Crippen LogP contribution in [-0.4, -0.2) is 26.9 Å². The first kappa shape index (κ1) is 19.0. The van der Waals surface area contributed by atoms with Crippen LogP contribution >= 0.6 is 0 Å². The topological polar surface area (TPSA) is 76.4 Å². The number of aryl methyl sites for hydroxylation is 2. The van der Waals surface area contributed by atoms with Crippen LogP contribution in [0.4, 0.5) is 0 Å². The molecular weight excluding hydrogens is 318 g/mol. The molecule has 1 aromatic carbocycles. The van der Waals surface area contributed by atoms with Crippen molar-refractivity contribution in [2.75, 3.05) is 0 Å². The molecule has 2 N–H and O–H groups in total. The Kier molecular flexibility index (Phi) is 6.20. The minimum atomic E-state index is -0.639. The van der Waals surface area contributed by atoms with Gasteiger partial charge in [-0.25, -0.2) is 0 Å². The van der Waals surface area contributed by atoms with E-state index in [1.165, 1.54) is 0 Å². The van der Waals surface area contributed by atoms with Gasteiger partial charge in [0.25, 0.3) is 5.91 Å². The second kappa shape index (κ2) is 8.16. The van der Waals surface area contributed by atoms with Crippen molar-refractivity contribution in [1.82, 2.24) is 15.1 Å². The number of carbonyl (C=O) groups excluding carboxylic acids is 1. The van der Waals surface area contributed by atoms with E-state index in [1.807, 2.05) is 32.5 Å². The van der Waals surface area contributed by atoms with Crippen molar-refractivity contribution in [2.45, 2.75) is 52.9 Å². The van der Waals surface area contributed by atoms with Crippen LogP contribution in [0.1, 0.15) is 48.8 Å². The zero-order valence-corrected chi connectivity index (χ0v) is 15.5. The lowest BCUT2D eigenvalue weighted by Gasteiger charge is -2.21. The first-order valence-corrected chi connectivity index (χ1v) is 8.54. The van der Waals surface area contributed by atoms with Gasteiger partial charge in [-0.05, 0) is 44.9 Å². The molecular formula is C19H27N3O3. The summed E-state index contributed by atoms with van der Waals surface area (Å²) in [6, 6.07) is 7.00. The molecule has 0 radical (unpaired) electrons. The number of aliphatic hydroxyl groups excluding tert-OH is 1. The Hall–Kier alpha value is -2.34. The summed E-state index contributed by atoms with van der Waals surface area (Å²) in [7, 11) is 1.90. The Morgan fingerprint density at radius 2 is 2.12 bits per heavy atom. The lowest BCUT2D eigenvalue weighted by Crippen LogP contribution is -2.38. The van der Waals surface area contributed by atoms with Crippen LogP contribution in [0.5, 0.6) is 5.75 Å². The number of ether oxygens (including phenoxy) is 1. The smallest absolute Gasteiger partial charge is 0.261 e. The van der Waals surface area contributed by atoms with Gasteiger partial charge in [-0.15, -0.1) is 0 Å². The average molecular weight is 345 g/mol. The largest absolute Gasteiger partial charge is 0.481 e. The first-order chi connectivity index (χ1) is 11.9. The highest BCUT2D eigenvalue weighted by Gasteiger charge is 2.23. The zero-order valence-electron chi connectivity index (χ0n) is 15.5. The van der Waals surface area contributed by atoms with Crippen molar-refractivity contribution in [1.29, 1.82) is 0 Å². The van der Waals surface area contributed by atoms with Crippen LogP contribution in [0.15, 0.2) is 24.3 Å². The number of benzene rings is 1. The minimum Gasteiger partial charge on any atom is -0.481 e. The van der Waals surface area contributed by atoms with E-state index in [4.69, 9.17) is 4.74 Å². The standard InChI is InChI=1S/C19H27N3O3/c1-6-17(18-12(2)21-22(5)13(18)3)20-19(24)14(4)25-16-9-7-8-15(10-16)11-23/h7-10,14,17,23H,6,11H2,1-5H3,(H,20,24). The second-order valence-electron chi connectivity index (χ2n) is 6.24. The van der Waals surface area contributed by atoms with Crippen molar-refractivity contribution in [3.05, 3.63) is 46.8 Å². The third-order valence-electron chi connectivity index (χ3n) is 4.40. The van der Waals surface area contributed by atoms with Gasteiger partial charge in [-0.2, -0.15) is 5.10 Å². The van der Waals surface area contributed by atoms with E-state index < -0.39 is 6.10 Å². The number of aromatic nitrogens is 2. The lowest BCUT2D eigenvalue weighted by atomic mass is 10.0. The molecule has 0 spiro atoms. The summed E-state index contributed by atoms with van der Waals surface area (Å²) in [4.78, 5) is 12.6. The SMILES string of the molecule is CCC(NC(=O)C(C)Oc1cccc(CO)c1)c1c(C)nn(C)c1C. The van der Waals surface area contributed by atoms with Crippen LogP contribution in [0.2, 0.25) is 0 Å². The average Bonchev–Trinajstić information content (AvgIpc) is 2.85. The summed E-state index contributed by atoms with van der Waals surface area (Å²) in [5, 5.41) is 16.7. The predicted octanol–water partition coefficient (Wildman–Crippen LogP) is 2.56. The molecule has 2 rings (SSSR count). The van der Waals surface area contributed by atoms with E-state index in [-0.39, 0.29) is 18.6 Å². The highest BCUT2D eigenvalue weighted by molar-refractivity contribution is 5.81. The lowest BCUT2D eigenvalue weighted by molar-refractivity contribution is -0.128. The van der Waals surface area contributed by atoms with E-state index in [2.05, 4.69) is 10.4 Å². The van der Waals surface area contributed by atoms with Crippen molar-refractivity contribution >= 4 is 5.91 Å². The zero-order chi connectivity index (χ0) is 18.6. The third kappa shape index (κ3) is 4.39. The molecule has 2 atom stereocenters. The highest BCUT2D eigenvalue weighted by atomic mass is 16.5. The number of hydrogen-bond acceptors (Lipinski definition) is 4. The van der Waals surface area contributed by atoms with Gasteiger partial charge in [0.2, 0.25) is 0 Å². The van der Waals surface area contributed by atoms with Gasteiger partial charge in [-0.3, -0.25) is 9.48 Å². The summed E-state index contributed by atoms with van der Waals surface area (Å²) < 4.78 is 7.55. The van der Waals surface area contributed by atoms with E-state index in [9.17, 15) is 9.90 Å². The molecule has 0 aliphatic rings. The van der Waals surface area contributed by atoms with Crippen molar-refractivity contribution in [2.24, 2.45) is 7.05 Å². The summed E-state index contributed by atoms with van der Waals surface area (Å²) in [6.45, 7) is 7.65. The van der Waals surface area contributed by atoms with Gasteiger partial charge in [0, 0.05) is 18.3 Å². The number of carbonyl (C=O) groups is 1. The van der Waals surface area contributed by atoms with Gasteiger partial charge < -0.3 is 15.2 Å². The fourth-order valence-corrected chi connectivity index (χ4v) is 2.94. The molecule has 0 aliphatic heterocycles. The van der Waals surface area contributed by atoms with Crippen molar-refractivity contribution < 1.29 is 14.6 Å². The molecule has 0 saturated heterocycles. The number of hydrogen-bond donors (Lipinski definition) is 2. The number of nitrogens with one attached hydrogen (secondary N) is 1. The highest BCUT2D eigenvalue weighted by Crippen LogP contribution is 2.24. The first-order valence-electron chi connectivity index (χ1n) is 8.54. The molecule has 1 amide bonds. The summed E-state index contributed by atoms with van der Waals surface area (Å²) in [5.41, 5.74) is 3.79. The third-order valence-corrected chi connectivity index (χ3v) is 4.40. The molecule has 6 heteroatoms. The van der Waals surface area contributed by atoms with Crippen molar-refractivity contribution in [3.8, 4) is 5.75 Å². The van der Waals surface area contributed by atoms with Crippen LogP contribution in [0.3, 0.4) is 0 Å². The maximum atomic E-state index is 12.6. The normalized spacial score (nSPS) is 13.4. The molecule has 1 heterocycles. The summed E-state index contributed by atoms with van der Waals surface area (Å²) >= 11 is 0. The number of aliphatic hydroxyl groups is 1. The maximum Gasteiger partial charge on any atom is 0.261 e. The molecule has 6 nitrogen and oxygen atoms in total. The molecule has 2 unspecified atom stereocenters. The van der Waals surface area contributed by atoms with Crippen LogP contribution in [-0.2, 0) is 18.4 Å². The van der Waals surface area contributed by atoms with Gasteiger partial charge in [0.15, 0.2) is 6.10 Å². The Labute approximate surface area is 148 Å². The van der Waals surface area contributed by atoms with Crippen LogP contribution in [0.25, 0.3) is 0 Å². The van der Waals surface area contributed by atoms with Crippen LogP contribution < -0.4 is 10.1 Å². The molecule has 136 valence electrons. The Balaban J connectivity index is 2.08. The van der Waals surface area contributed by atoms with Crippen molar-refractivity contribution in [3.63, 3.8) is 0 Å². The van der Waals surface area contributed by atoms with E-state index >= 15 is 0 Å². The maximum absolute atomic E-state index is 12.6. The van der Waals surface area contributed by atoms with Gasteiger partial charge in [-0.1, -0.05) is 19.1 Å². The van der Waals surface area contributed by atoms with E-state index in [0.717, 1.165) is 28.9 Å². The number of nitrogens with zero attached hydrogens (tertiary/aromatic N) is 2. The van der Waals surface area contributed by atoms with Gasteiger partial charge >= 0.3 is 0 Å². The predicted molar refractivity (Wildman–Crippen MR) is 96.3 cm³/mol. The molecule has 1 aromatic heterocycles. The second-order valence-corrected chi connectivity index (χ2v) is 6.24. The molecule has 25 heavy (non-hydrogen) atoms. The van der Waals surface area contributed by atoms with Crippen LogP contribution in [0, 0.1) is 13.8 Å². The molecule has 2 aromatic rings. The Morgan fingerprint density at radius 1 is 1.40 bits per heavy atom. The quantitative estimate of drug-likeness (QED) is 0.809. The monoisotopic (exact) mass is 345 g/mol. The van der Waals surface area contributed by atoms with Gasteiger partial charge in [0.1, 0.15) is 5.75 Å². The van der Waals surface area contributed by atoms with E-state index in [1.54, 1.807) is 31.2 Å².